The summed E-state index contributed by atoms with van der Waals surface area (Å²) in [6.45, 7) is 4.17. The molecule has 0 aromatic rings. The Bertz CT molecular complexity index is 97.1. The Morgan fingerprint density at radius 3 is 2.33 bits per heavy atom. The SMILES string of the molecule is COC(C)CNCC(CN)OC. The fourth-order valence-electron chi connectivity index (χ4n) is 0.794. The van der Waals surface area contributed by atoms with Crippen LogP contribution in [-0.2, 0) is 9.47 Å². The third-order valence-corrected chi connectivity index (χ3v) is 1.80. The van der Waals surface area contributed by atoms with Crippen LogP contribution >= 0.6 is 0 Å². The van der Waals surface area contributed by atoms with Gasteiger partial charge in [-0.15, -0.1) is 0 Å². The maximum atomic E-state index is 5.44. The molecule has 0 saturated heterocycles. The van der Waals surface area contributed by atoms with Gasteiger partial charge in [-0.2, -0.15) is 0 Å². The summed E-state index contributed by atoms with van der Waals surface area (Å²) in [4.78, 5) is 0. The minimum Gasteiger partial charge on any atom is -0.380 e. The number of hydrogen-bond donors (Lipinski definition) is 2. The summed E-state index contributed by atoms with van der Waals surface area (Å²) in [5.74, 6) is 0. The molecule has 0 aliphatic heterocycles. The molecule has 0 spiro atoms. The first-order chi connectivity index (χ1) is 5.74. The van der Waals surface area contributed by atoms with Crippen LogP contribution < -0.4 is 11.1 Å². The summed E-state index contributed by atoms with van der Waals surface area (Å²) in [5.41, 5.74) is 5.44. The molecule has 0 radical (unpaired) electrons. The van der Waals surface area contributed by atoms with Gasteiger partial charge < -0.3 is 20.5 Å². The van der Waals surface area contributed by atoms with E-state index in [1.165, 1.54) is 0 Å². The van der Waals surface area contributed by atoms with Crippen molar-refractivity contribution in [3.05, 3.63) is 0 Å². The minimum absolute atomic E-state index is 0.106. The second-order valence-corrected chi connectivity index (χ2v) is 2.80. The first kappa shape index (κ1) is 11.8. The van der Waals surface area contributed by atoms with Crippen molar-refractivity contribution in [2.45, 2.75) is 19.1 Å². The second-order valence-electron chi connectivity index (χ2n) is 2.80. The van der Waals surface area contributed by atoms with Crippen molar-refractivity contribution in [2.24, 2.45) is 5.73 Å². The first-order valence-corrected chi connectivity index (χ1v) is 4.21. The molecule has 0 aromatic heterocycles. The Morgan fingerprint density at radius 2 is 1.92 bits per heavy atom. The van der Waals surface area contributed by atoms with Crippen molar-refractivity contribution in [3.8, 4) is 0 Å². The predicted octanol–water partition coefficient (Wildman–Crippen LogP) is -0.415. The third-order valence-electron chi connectivity index (χ3n) is 1.80. The Morgan fingerprint density at radius 1 is 1.25 bits per heavy atom. The summed E-state index contributed by atoms with van der Waals surface area (Å²) < 4.78 is 10.2. The molecular formula is C8H20N2O2. The normalized spacial score (nSPS) is 16.0. The van der Waals surface area contributed by atoms with Crippen molar-refractivity contribution >= 4 is 0 Å². The predicted molar refractivity (Wildman–Crippen MR) is 49.2 cm³/mol. The second kappa shape index (κ2) is 7.49. The van der Waals surface area contributed by atoms with Gasteiger partial charge in [0, 0.05) is 33.9 Å². The van der Waals surface area contributed by atoms with Gasteiger partial charge >= 0.3 is 0 Å². The quantitative estimate of drug-likeness (QED) is 0.553. The van der Waals surface area contributed by atoms with E-state index in [0.29, 0.717) is 6.54 Å². The molecule has 74 valence electrons. The number of nitrogens with two attached hydrogens (primary N) is 1. The Labute approximate surface area is 74.4 Å². The highest BCUT2D eigenvalue weighted by molar-refractivity contribution is 4.63. The van der Waals surface area contributed by atoms with Crippen LogP contribution in [0.3, 0.4) is 0 Å². The van der Waals surface area contributed by atoms with Crippen LogP contribution in [0.15, 0.2) is 0 Å². The molecular weight excluding hydrogens is 156 g/mol. The van der Waals surface area contributed by atoms with Gasteiger partial charge in [-0.05, 0) is 6.92 Å². The molecule has 0 heterocycles. The van der Waals surface area contributed by atoms with Crippen LogP contribution in [0.4, 0.5) is 0 Å². The first-order valence-electron chi connectivity index (χ1n) is 4.21. The molecule has 0 aromatic carbocycles. The Hall–Kier alpha value is -0.160. The summed E-state index contributed by atoms with van der Waals surface area (Å²) in [6, 6.07) is 0. The van der Waals surface area contributed by atoms with Crippen LogP contribution in [0.25, 0.3) is 0 Å². The number of nitrogens with one attached hydrogen (secondary N) is 1. The van der Waals surface area contributed by atoms with E-state index in [1.54, 1.807) is 14.2 Å². The number of rotatable bonds is 7. The smallest absolute Gasteiger partial charge is 0.0817 e. The zero-order valence-electron chi connectivity index (χ0n) is 8.17. The van der Waals surface area contributed by atoms with Gasteiger partial charge in [0.15, 0.2) is 0 Å². The van der Waals surface area contributed by atoms with E-state index in [-0.39, 0.29) is 12.2 Å². The standard InChI is InChI=1S/C8H20N2O2/c1-7(11-2)5-10-6-8(4-9)12-3/h7-8,10H,4-6,9H2,1-3H3. The molecule has 0 aliphatic rings. The molecule has 4 heteroatoms. The van der Waals surface area contributed by atoms with E-state index in [2.05, 4.69) is 5.32 Å². The maximum Gasteiger partial charge on any atom is 0.0817 e. The lowest BCUT2D eigenvalue weighted by molar-refractivity contribution is 0.0916. The molecule has 0 fully saturated rings. The van der Waals surface area contributed by atoms with Gasteiger partial charge in [0.05, 0.1) is 12.2 Å². The number of methoxy groups -OCH3 is 2. The third kappa shape index (κ3) is 5.49. The van der Waals surface area contributed by atoms with Gasteiger partial charge in [-0.1, -0.05) is 0 Å². The van der Waals surface area contributed by atoms with Gasteiger partial charge in [-0.25, -0.2) is 0 Å². The van der Waals surface area contributed by atoms with E-state index in [1.807, 2.05) is 6.92 Å². The van der Waals surface area contributed by atoms with E-state index in [4.69, 9.17) is 15.2 Å². The van der Waals surface area contributed by atoms with Crippen molar-refractivity contribution in [1.82, 2.24) is 5.32 Å². The average molecular weight is 176 g/mol. The van der Waals surface area contributed by atoms with Crippen molar-refractivity contribution in [1.29, 1.82) is 0 Å². The van der Waals surface area contributed by atoms with Crippen molar-refractivity contribution in [3.63, 3.8) is 0 Å². The van der Waals surface area contributed by atoms with E-state index >= 15 is 0 Å². The summed E-state index contributed by atoms with van der Waals surface area (Å²) in [5, 5.41) is 3.21. The van der Waals surface area contributed by atoms with Crippen LogP contribution in [0.1, 0.15) is 6.92 Å². The monoisotopic (exact) mass is 176 g/mol. The Kier molecular flexibility index (Phi) is 7.39. The molecule has 2 atom stereocenters. The molecule has 3 N–H and O–H groups in total. The van der Waals surface area contributed by atoms with Gasteiger partial charge in [0.2, 0.25) is 0 Å². The zero-order chi connectivity index (χ0) is 9.40. The lowest BCUT2D eigenvalue weighted by Gasteiger charge is -2.15. The molecule has 0 rings (SSSR count). The zero-order valence-corrected chi connectivity index (χ0v) is 8.17. The molecule has 2 unspecified atom stereocenters. The lowest BCUT2D eigenvalue weighted by atomic mass is 10.3. The van der Waals surface area contributed by atoms with Crippen LogP contribution in [0.2, 0.25) is 0 Å². The van der Waals surface area contributed by atoms with Crippen LogP contribution in [0, 0.1) is 0 Å². The summed E-state index contributed by atoms with van der Waals surface area (Å²) >= 11 is 0. The maximum absolute atomic E-state index is 5.44. The van der Waals surface area contributed by atoms with E-state index < -0.39 is 0 Å². The van der Waals surface area contributed by atoms with Crippen LogP contribution in [-0.4, -0.2) is 46.1 Å². The van der Waals surface area contributed by atoms with Gasteiger partial charge in [-0.3, -0.25) is 0 Å². The van der Waals surface area contributed by atoms with E-state index in [9.17, 15) is 0 Å². The highest BCUT2D eigenvalue weighted by Gasteiger charge is 2.04. The van der Waals surface area contributed by atoms with Crippen LogP contribution in [0.5, 0.6) is 0 Å². The topological polar surface area (TPSA) is 56.5 Å². The van der Waals surface area contributed by atoms with E-state index in [0.717, 1.165) is 13.1 Å². The van der Waals surface area contributed by atoms with Crippen molar-refractivity contribution < 1.29 is 9.47 Å². The number of hydrogen-bond acceptors (Lipinski definition) is 4. The molecule has 0 aliphatic carbocycles. The average Bonchev–Trinajstić information content (AvgIpc) is 2.12. The molecule has 12 heavy (non-hydrogen) atoms. The molecule has 4 nitrogen and oxygen atoms in total. The summed E-state index contributed by atoms with van der Waals surface area (Å²) in [6.07, 6.45) is 0.342. The van der Waals surface area contributed by atoms with Crippen molar-refractivity contribution in [2.75, 3.05) is 33.9 Å². The molecule has 0 bridgehead atoms. The largest absolute Gasteiger partial charge is 0.380 e. The van der Waals surface area contributed by atoms with Gasteiger partial charge in [0.1, 0.15) is 0 Å². The molecule has 0 saturated carbocycles. The highest BCUT2D eigenvalue weighted by Crippen LogP contribution is 1.86. The molecule has 0 amide bonds. The lowest BCUT2D eigenvalue weighted by Crippen LogP contribution is -2.37. The summed E-state index contributed by atoms with van der Waals surface area (Å²) in [7, 11) is 3.36. The minimum atomic E-state index is 0.106. The number of ether oxygens (including phenoxy) is 2. The highest BCUT2D eigenvalue weighted by atomic mass is 16.5. The fourth-order valence-corrected chi connectivity index (χ4v) is 0.794. The van der Waals surface area contributed by atoms with Gasteiger partial charge in [0.25, 0.3) is 0 Å². The Balaban J connectivity index is 3.28. The fraction of sp³-hybridized carbons (Fsp3) is 1.00.